The summed E-state index contributed by atoms with van der Waals surface area (Å²) in [6.45, 7) is 2.45. The topological polar surface area (TPSA) is 57.3 Å². The first kappa shape index (κ1) is 17.1. The maximum absolute atomic E-state index is 12.8. The fourth-order valence-electron chi connectivity index (χ4n) is 1.58. The van der Waals surface area contributed by atoms with Crippen LogP contribution < -0.4 is 10.6 Å². The third-order valence-electron chi connectivity index (χ3n) is 2.65. The number of alkyl halides is 3. The largest absolute Gasteiger partial charge is 0.416 e. The van der Waals surface area contributed by atoms with Crippen molar-refractivity contribution < 1.29 is 18.0 Å². The van der Waals surface area contributed by atoms with Gasteiger partial charge < -0.3 is 15.5 Å². The second kappa shape index (κ2) is 7.14. The van der Waals surface area contributed by atoms with Gasteiger partial charge in [-0.25, -0.2) is 4.98 Å². The maximum Gasteiger partial charge on any atom is 0.416 e. The van der Waals surface area contributed by atoms with E-state index in [-0.39, 0.29) is 30.5 Å². The van der Waals surface area contributed by atoms with Crippen LogP contribution in [-0.4, -0.2) is 43.0 Å². The fraction of sp³-hybridized carbons (Fsp3) is 0.538. The normalized spacial score (nSPS) is 11.1. The van der Waals surface area contributed by atoms with Gasteiger partial charge in [0.1, 0.15) is 11.6 Å². The van der Waals surface area contributed by atoms with E-state index in [0.29, 0.717) is 6.54 Å². The van der Waals surface area contributed by atoms with Gasteiger partial charge in [0, 0.05) is 33.6 Å². The SMILES string of the molecule is CCNc1cc(C(F)(F)F)cc(NCCC(=O)N(C)C)n1. The molecule has 8 heteroatoms. The van der Waals surface area contributed by atoms with E-state index in [0.717, 1.165) is 12.1 Å². The highest BCUT2D eigenvalue weighted by molar-refractivity contribution is 5.76. The molecular formula is C13H19F3N4O. The Morgan fingerprint density at radius 1 is 1.24 bits per heavy atom. The van der Waals surface area contributed by atoms with Crippen molar-refractivity contribution in [1.82, 2.24) is 9.88 Å². The number of carbonyl (C=O) groups excluding carboxylic acids is 1. The molecule has 0 bridgehead atoms. The molecule has 1 heterocycles. The van der Waals surface area contributed by atoms with E-state index >= 15 is 0 Å². The van der Waals surface area contributed by atoms with Gasteiger partial charge in [-0.3, -0.25) is 4.79 Å². The van der Waals surface area contributed by atoms with Crippen LogP contribution in [0, 0.1) is 0 Å². The van der Waals surface area contributed by atoms with Crippen LogP contribution in [0.2, 0.25) is 0 Å². The highest BCUT2D eigenvalue weighted by Crippen LogP contribution is 2.32. The van der Waals surface area contributed by atoms with Crippen LogP contribution in [0.5, 0.6) is 0 Å². The predicted molar refractivity (Wildman–Crippen MR) is 75.2 cm³/mol. The van der Waals surface area contributed by atoms with E-state index in [9.17, 15) is 18.0 Å². The highest BCUT2D eigenvalue weighted by Gasteiger charge is 2.31. The summed E-state index contributed by atoms with van der Waals surface area (Å²) in [6, 6.07) is 1.89. The fourth-order valence-corrected chi connectivity index (χ4v) is 1.58. The molecule has 0 saturated heterocycles. The minimum atomic E-state index is -4.44. The van der Waals surface area contributed by atoms with Crippen LogP contribution in [0.4, 0.5) is 24.8 Å². The quantitative estimate of drug-likeness (QED) is 0.847. The monoisotopic (exact) mass is 304 g/mol. The summed E-state index contributed by atoms with van der Waals surface area (Å²) in [7, 11) is 3.24. The van der Waals surface area contributed by atoms with Crippen molar-refractivity contribution in [2.45, 2.75) is 19.5 Å². The van der Waals surface area contributed by atoms with E-state index in [2.05, 4.69) is 15.6 Å². The van der Waals surface area contributed by atoms with Crippen molar-refractivity contribution in [3.8, 4) is 0 Å². The van der Waals surface area contributed by atoms with Crippen LogP contribution in [0.15, 0.2) is 12.1 Å². The molecule has 1 rings (SSSR count). The molecule has 0 aliphatic rings. The molecule has 0 radical (unpaired) electrons. The Morgan fingerprint density at radius 2 is 1.81 bits per heavy atom. The molecule has 0 aliphatic heterocycles. The second-order valence-electron chi connectivity index (χ2n) is 4.62. The number of pyridine rings is 1. The number of amides is 1. The molecule has 2 N–H and O–H groups in total. The molecule has 21 heavy (non-hydrogen) atoms. The van der Waals surface area contributed by atoms with Crippen molar-refractivity contribution in [2.24, 2.45) is 0 Å². The zero-order valence-electron chi connectivity index (χ0n) is 12.2. The molecule has 0 aromatic carbocycles. The van der Waals surface area contributed by atoms with Gasteiger partial charge in [0.25, 0.3) is 0 Å². The van der Waals surface area contributed by atoms with Crippen LogP contribution in [0.1, 0.15) is 18.9 Å². The summed E-state index contributed by atoms with van der Waals surface area (Å²) in [4.78, 5) is 16.9. The van der Waals surface area contributed by atoms with Gasteiger partial charge in [0.15, 0.2) is 0 Å². The summed E-state index contributed by atoms with van der Waals surface area (Å²) in [6.07, 6.45) is -4.26. The zero-order valence-corrected chi connectivity index (χ0v) is 12.2. The average molecular weight is 304 g/mol. The molecule has 118 valence electrons. The first-order valence-electron chi connectivity index (χ1n) is 6.51. The Bertz CT molecular complexity index is 489. The lowest BCUT2D eigenvalue weighted by molar-refractivity contribution is -0.137. The first-order chi connectivity index (χ1) is 9.74. The van der Waals surface area contributed by atoms with Gasteiger partial charge >= 0.3 is 6.18 Å². The molecule has 5 nitrogen and oxygen atoms in total. The average Bonchev–Trinajstić information content (AvgIpc) is 2.37. The van der Waals surface area contributed by atoms with Gasteiger partial charge in [0.2, 0.25) is 5.91 Å². The molecule has 0 saturated carbocycles. The number of hydrogen-bond donors (Lipinski definition) is 2. The summed E-state index contributed by atoms with van der Waals surface area (Å²) in [5.74, 6) is 0.127. The van der Waals surface area contributed by atoms with E-state index in [1.165, 1.54) is 4.90 Å². The summed E-state index contributed by atoms with van der Waals surface area (Å²) in [5, 5.41) is 5.49. The third-order valence-corrected chi connectivity index (χ3v) is 2.65. The Labute approximate surface area is 121 Å². The maximum atomic E-state index is 12.8. The molecule has 0 atom stereocenters. The molecule has 1 aromatic rings. The number of aromatic nitrogens is 1. The van der Waals surface area contributed by atoms with Crippen molar-refractivity contribution in [3.63, 3.8) is 0 Å². The minimum absolute atomic E-state index is 0.0901. The van der Waals surface area contributed by atoms with Gasteiger partial charge in [-0.15, -0.1) is 0 Å². The van der Waals surface area contributed by atoms with E-state index in [1.54, 1.807) is 21.0 Å². The van der Waals surface area contributed by atoms with Gasteiger partial charge in [-0.2, -0.15) is 13.2 Å². The smallest absolute Gasteiger partial charge is 0.370 e. The molecule has 0 aliphatic carbocycles. The molecular weight excluding hydrogens is 285 g/mol. The summed E-state index contributed by atoms with van der Waals surface area (Å²) in [5.41, 5.74) is -0.783. The molecule has 1 amide bonds. The summed E-state index contributed by atoms with van der Waals surface area (Å²) >= 11 is 0. The lowest BCUT2D eigenvalue weighted by Crippen LogP contribution is -2.24. The van der Waals surface area contributed by atoms with Crippen molar-refractivity contribution in [3.05, 3.63) is 17.7 Å². The standard InChI is InChI=1S/C13H19F3N4O/c1-4-17-10-7-9(13(14,15)16)8-11(19-10)18-6-5-12(21)20(2)3/h7-8H,4-6H2,1-3H3,(H2,17,18,19). The molecule has 0 unspecified atom stereocenters. The third kappa shape index (κ3) is 5.49. The van der Waals surface area contributed by atoms with E-state index in [1.807, 2.05) is 0 Å². The Morgan fingerprint density at radius 3 is 2.29 bits per heavy atom. The Kier molecular flexibility index (Phi) is 5.80. The number of carbonyl (C=O) groups is 1. The number of nitrogens with zero attached hydrogens (tertiary/aromatic N) is 2. The van der Waals surface area contributed by atoms with Gasteiger partial charge in [0.05, 0.1) is 5.56 Å². The number of rotatable bonds is 6. The highest BCUT2D eigenvalue weighted by atomic mass is 19.4. The summed E-state index contributed by atoms with van der Waals surface area (Å²) < 4.78 is 38.4. The van der Waals surface area contributed by atoms with Crippen LogP contribution in [0.3, 0.4) is 0 Å². The van der Waals surface area contributed by atoms with Gasteiger partial charge in [-0.05, 0) is 19.1 Å². The van der Waals surface area contributed by atoms with Crippen LogP contribution in [0.25, 0.3) is 0 Å². The number of anilines is 2. The lowest BCUT2D eigenvalue weighted by atomic mass is 10.2. The zero-order chi connectivity index (χ0) is 16.0. The predicted octanol–water partition coefficient (Wildman–Crippen LogP) is 2.42. The molecule has 1 aromatic heterocycles. The Balaban J connectivity index is 2.81. The minimum Gasteiger partial charge on any atom is -0.370 e. The number of hydrogen-bond acceptors (Lipinski definition) is 4. The number of nitrogens with one attached hydrogen (secondary N) is 2. The molecule has 0 fully saturated rings. The second-order valence-corrected chi connectivity index (χ2v) is 4.62. The van der Waals surface area contributed by atoms with E-state index < -0.39 is 11.7 Å². The lowest BCUT2D eigenvalue weighted by Gasteiger charge is -2.14. The number of halogens is 3. The molecule has 0 spiro atoms. The van der Waals surface area contributed by atoms with Gasteiger partial charge in [-0.1, -0.05) is 0 Å². The Hall–Kier alpha value is -1.99. The first-order valence-corrected chi connectivity index (χ1v) is 6.51. The van der Waals surface area contributed by atoms with E-state index in [4.69, 9.17) is 0 Å². The van der Waals surface area contributed by atoms with Crippen LogP contribution >= 0.6 is 0 Å². The van der Waals surface area contributed by atoms with Crippen molar-refractivity contribution in [1.29, 1.82) is 0 Å². The van der Waals surface area contributed by atoms with Crippen molar-refractivity contribution in [2.75, 3.05) is 37.8 Å². The van der Waals surface area contributed by atoms with Crippen LogP contribution in [-0.2, 0) is 11.0 Å². The van der Waals surface area contributed by atoms with Crippen molar-refractivity contribution >= 4 is 17.5 Å².